The first-order chi connectivity index (χ1) is 13.5. The summed E-state index contributed by atoms with van der Waals surface area (Å²) in [5.74, 6) is 0.291. The molecule has 0 radical (unpaired) electrons. The first-order valence-electron chi connectivity index (χ1n) is 9.54. The highest BCUT2D eigenvalue weighted by atomic mass is 32.1. The van der Waals surface area contributed by atoms with Crippen molar-refractivity contribution in [2.24, 2.45) is 0 Å². The topological polar surface area (TPSA) is 70.1 Å². The number of rotatable bonds is 3. The third-order valence-electron chi connectivity index (χ3n) is 5.25. The standard InChI is InChI=1S/C21H27FN2O4S/c1-12-11-29-17-7-13(6-16(28-5)18(12)17)19(25)23-9-14(22)8-15(10-23)24(20(26)27)21(2,3)4/h6-7,11,14-15H,8-10H2,1-5H3,(H,26,27)/t14-,15-/m1/s1. The van der Waals surface area contributed by atoms with E-state index in [0.29, 0.717) is 11.3 Å². The third kappa shape index (κ3) is 4.17. The van der Waals surface area contributed by atoms with Crippen molar-refractivity contribution in [3.63, 3.8) is 0 Å². The van der Waals surface area contributed by atoms with Crippen molar-refractivity contribution < 1.29 is 23.8 Å². The average molecular weight is 423 g/mol. The molecule has 2 atom stereocenters. The number of benzene rings is 1. The summed E-state index contributed by atoms with van der Waals surface area (Å²) in [7, 11) is 1.56. The van der Waals surface area contributed by atoms with E-state index in [1.807, 2.05) is 12.3 Å². The van der Waals surface area contributed by atoms with Gasteiger partial charge in [0.15, 0.2) is 0 Å². The Morgan fingerprint density at radius 2 is 2.00 bits per heavy atom. The summed E-state index contributed by atoms with van der Waals surface area (Å²) in [5.41, 5.74) is 0.797. The van der Waals surface area contributed by atoms with Gasteiger partial charge in [-0.25, -0.2) is 9.18 Å². The van der Waals surface area contributed by atoms with Gasteiger partial charge in [-0.1, -0.05) is 0 Å². The van der Waals surface area contributed by atoms with Gasteiger partial charge in [-0.2, -0.15) is 0 Å². The second-order valence-electron chi connectivity index (χ2n) is 8.49. The van der Waals surface area contributed by atoms with E-state index in [1.165, 1.54) is 21.1 Å². The Kier molecular flexibility index (Phi) is 5.76. The number of nitrogens with zero attached hydrogens (tertiary/aromatic N) is 2. The maximum absolute atomic E-state index is 14.5. The maximum Gasteiger partial charge on any atom is 0.408 e. The fraction of sp³-hybridized carbons (Fsp3) is 0.524. The van der Waals surface area contributed by atoms with E-state index in [2.05, 4.69) is 0 Å². The van der Waals surface area contributed by atoms with Crippen LogP contribution < -0.4 is 4.74 Å². The van der Waals surface area contributed by atoms with Crippen molar-refractivity contribution in [2.45, 2.75) is 51.9 Å². The molecule has 158 valence electrons. The molecule has 1 fully saturated rings. The fourth-order valence-electron chi connectivity index (χ4n) is 4.11. The number of piperidine rings is 1. The highest BCUT2D eigenvalue weighted by Gasteiger charge is 2.40. The molecule has 1 saturated heterocycles. The van der Waals surface area contributed by atoms with Crippen LogP contribution in [0, 0.1) is 6.92 Å². The lowest BCUT2D eigenvalue weighted by Crippen LogP contribution is -2.59. The zero-order valence-corrected chi connectivity index (χ0v) is 18.2. The van der Waals surface area contributed by atoms with Gasteiger partial charge < -0.3 is 14.7 Å². The van der Waals surface area contributed by atoms with E-state index in [0.717, 1.165) is 15.6 Å². The summed E-state index contributed by atoms with van der Waals surface area (Å²) in [6.07, 6.45) is -2.31. The number of carbonyl (C=O) groups is 2. The normalized spacial score (nSPS) is 20.0. The zero-order chi connectivity index (χ0) is 21.5. The predicted molar refractivity (Wildman–Crippen MR) is 112 cm³/mol. The Bertz CT molecular complexity index is 937. The largest absolute Gasteiger partial charge is 0.496 e. The van der Waals surface area contributed by atoms with Gasteiger partial charge in [0, 0.05) is 34.2 Å². The number of likely N-dealkylation sites (tertiary alicyclic amines) is 1. The van der Waals surface area contributed by atoms with Gasteiger partial charge >= 0.3 is 6.09 Å². The van der Waals surface area contributed by atoms with Gasteiger partial charge in [0.2, 0.25) is 0 Å². The first kappa shape index (κ1) is 21.4. The lowest BCUT2D eigenvalue weighted by molar-refractivity contribution is 0.0126. The molecule has 2 amide bonds. The van der Waals surface area contributed by atoms with E-state index < -0.39 is 23.8 Å². The molecule has 0 unspecified atom stereocenters. The molecule has 0 aliphatic carbocycles. The molecular weight excluding hydrogens is 395 g/mol. The monoisotopic (exact) mass is 422 g/mol. The molecule has 1 aliphatic rings. The van der Waals surface area contributed by atoms with Gasteiger partial charge in [-0.05, 0) is 50.8 Å². The highest BCUT2D eigenvalue weighted by Crippen LogP contribution is 2.35. The molecule has 1 N–H and O–H groups in total. The number of methoxy groups -OCH3 is 1. The van der Waals surface area contributed by atoms with E-state index in [1.54, 1.807) is 40.0 Å². The number of thiophene rings is 1. The van der Waals surface area contributed by atoms with Crippen molar-refractivity contribution in [3.8, 4) is 5.75 Å². The number of hydrogen-bond acceptors (Lipinski definition) is 4. The second-order valence-corrected chi connectivity index (χ2v) is 9.40. The van der Waals surface area contributed by atoms with E-state index in [-0.39, 0.29) is 25.4 Å². The summed E-state index contributed by atoms with van der Waals surface area (Å²) in [6.45, 7) is 7.41. The smallest absolute Gasteiger partial charge is 0.408 e. The van der Waals surface area contributed by atoms with Crippen LogP contribution in [0.4, 0.5) is 9.18 Å². The number of hydrogen-bond donors (Lipinski definition) is 1. The van der Waals surface area contributed by atoms with Crippen LogP contribution in [0.2, 0.25) is 0 Å². The number of fused-ring (bicyclic) bond motifs is 1. The molecular formula is C21H27FN2O4S. The van der Waals surface area contributed by atoms with Crippen LogP contribution >= 0.6 is 11.3 Å². The Labute approximate surface area is 173 Å². The molecule has 0 bridgehead atoms. The van der Waals surface area contributed by atoms with Crippen molar-refractivity contribution >= 4 is 33.4 Å². The number of carboxylic acid groups (broad SMARTS) is 1. The zero-order valence-electron chi connectivity index (χ0n) is 17.4. The second kappa shape index (κ2) is 7.82. The van der Waals surface area contributed by atoms with Crippen LogP contribution in [-0.4, -0.2) is 64.9 Å². The summed E-state index contributed by atoms with van der Waals surface area (Å²) < 4.78 is 20.9. The summed E-state index contributed by atoms with van der Waals surface area (Å²) in [6, 6.07) is 2.88. The molecule has 3 rings (SSSR count). The van der Waals surface area contributed by atoms with Gasteiger partial charge in [0.05, 0.1) is 19.7 Å². The molecule has 2 heterocycles. The van der Waals surface area contributed by atoms with Crippen LogP contribution in [-0.2, 0) is 0 Å². The van der Waals surface area contributed by atoms with Gasteiger partial charge in [-0.15, -0.1) is 11.3 Å². The number of carbonyl (C=O) groups excluding carboxylic acids is 1. The number of alkyl halides is 1. The van der Waals surface area contributed by atoms with Crippen molar-refractivity contribution in [2.75, 3.05) is 20.2 Å². The summed E-state index contributed by atoms with van der Waals surface area (Å²) in [4.78, 5) is 27.7. The quantitative estimate of drug-likeness (QED) is 0.788. The Morgan fingerprint density at radius 1 is 1.31 bits per heavy atom. The summed E-state index contributed by atoms with van der Waals surface area (Å²) >= 11 is 1.52. The number of ether oxygens (including phenoxy) is 1. The molecule has 0 saturated carbocycles. The minimum atomic E-state index is -1.28. The molecule has 6 nitrogen and oxygen atoms in total. The molecule has 1 aromatic carbocycles. The molecule has 8 heteroatoms. The van der Waals surface area contributed by atoms with Gasteiger partial charge in [0.25, 0.3) is 5.91 Å². The van der Waals surface area contributed by atoms with Crippen LogP contribution in [0.1, 0.15) is 43.1 Å². The number of halogens is 1. The number of amides is 2. The average Bonchev–Trinajstić information content (AvgIpc) is 2.99. The van der Waals surface area contributed by atoms with Crippen molar-refractivity contribution in [1.82, 2.24) is 9.80 Å². The molecule has 2 aromatic rings. The molecule has 29 heavy (non-hydrogen) atoms. The van der Waals surface area contributed by atoms with E-state index >= 15 is 0 Å². The molecule has 1 aliphatic heterocycles. The van der Waals surface area contributed by atoms with Crippen LogP contribution in [0.3, 0.4) is 0 Å². The fourth-order valence-corrected chi connectivity index (χ4v) is 5.10. The Morgan fingerprint density at radius 3 is 2.59 bits per heavy atom. The van der Waals surface area contributed by atoms with Gasteiger partial charge in [-0.3, -0.25) is 9.69 Å². The minimum Gasteiger partial charge on any atom is -0.496 e. The van der Waals surface area contributed by atoms with Crippen molar-refractivity contribution in [3.05, 3.63) is 28.6 Å². The maximum atomic E-state index is 14.5. The Balaban J connectivity index is 1.92. The third-order valence-corrected chi connectivity index (χ3v) is 6.30. The minimum absolute atomic E-state index is 0.0449. The lowest BCUT2D eigenvalue weighted by atomic mass is 9.96. The van der Waals surface area contributed by atoms with Crippen molar-refractivity contribution in [1.29, 1.82) is 0 Å². The van der Waals surface area contributed by atoms with Gasteiger partial charge in [0.1, 0.15) is 11.9 Å². The van der Waals surface area contributed by atoms with E-state index in [4.69, 9.17) is 4.74 Å². The first-order valence-corrected chi connectivity index (χ1v) is 10.4. The van der Waals surface area contributed by atoms with Crippen LogP contribution in [0.25, 0.3) is 10.1 Å². The highest BCUT2D eigenvalue weighted by molar-refractivity contribution is 7.17. The summed E-state index contributed by atoms with van der Waals surface area (Å²) in [5, 5.41) is 12.6. The Hall–Kier alpha value is -2.35. The number of aryl methyl sites for hydroxylation is 1. The SMILES string of the molecule is COc1cc(C(=O)N2C[C@H](F)C[C@@H](N(C(=O)O)C(C)(C)C)C2)cc2scc(C)c12. The molecule has 0 spiro atoms. The predicted octanol–water partition coefficient (Wildman–Crippen LogP) is 4.55. The molecule has 1 aromatic heterocycles. The lowest BCUT2D eigenvalue weighted by Gasteiger charge is -2.45. The van der Waals surface area contributed by atoms with Crippen LogP contribution in [0.5, 0.6) is 5.75 Å². The van der Waals surface area contributed by atoms with Crippen LogP contribution in [0.15, 0.2) is 17.5 Å². The van der Waals surface area contributed by atoms with E-state index in [9.17, 15) is 19.1 Å².